The van der Waals surface area contributed by atoms with Crippen molar-refractivity contribution in [1.29, 1.82) is 0 Å². The highest BCUT2D eigenvalue weighted by Crippen LogP contribution is 2.45. The number of hydrogen-bond acceptors (Lipinski definition) is 3. The smallest absolute Gasteiger partial charge is 0.416 e. The summed E-state index contributed by atoms with van der Waals surface area (Å²) in [5, 5.41) is 19.1. The number of rotatable bonds is 3. The Bertz CT molecular complexity index is 481. The number of aliphatic hydroxyl groups excluding tert-OH is 1. The number of phenolic OH excluding ortho intramolecular Hbond substituents is 1. The largest absolute Gasteiger partial charge is 0.506 e. The van der Waals surface area contributed by atoms with Gasteiger partial charge in [0, 0.05) is 23.6 Å². The Morgan fingerprint density at radius 1 is 1.30 bits per heavy atom. The van der Waals surface area contributed by atoms with Gasteiger partial charge in [0.1, 0.15) is 5.75 Å². The minimum atomic E-state index is -4.63. The molecule has 1 rings (SSSR count). The molecular formula is C12H16BrClF3NO2. The molecule has 0 amide bonds. The minimum absolute atomic E-state index is 0. The third-order valence-corrected chi connectivity index (χ3v) is 3.67. The Kier molecular flexibility index (Phi) is 6.35. The first-order valence-corrected chi connectivity index (χ1v) is 6.26. The van der Waals surface area contributed by atoms with E-state index in [1.807, 2.05) is 0 Å². The molecule has 1 aromatic carbocycles. The second kappa shape index (κ2) is 6.51. The Labute approximate surface area is 129 Å². The van der Waals surface area contributed by atoms with Gasteiger partial charge in [-0.1, -0.05) is 13.8 Å². The summed E-state index contributed by atoms with van der Waals surface area (Å²) >= 11 is 2.97. The van der Waals surface area contributed by atoms with Crippen LogP contribution in [0.4, 0.5) is 13.2 Å². The van der Waals surface area contributed by atoms with E-state index in [1.54, 1.807) is 0 Å². The number of aromatic hydroxyl groups is 1. The van der Waals surface area contributed by atoms with Crippen molar-refractivity contribution >= 4 is 28.3 Å². The molecule has 1 atom stereocenters. The topological polar surface area (TPSA) is 66.5 Å². The van der Waals surface area contributed by atoms with Gasteiger partial charge < -0.3 is 15.9 Å². The average Bonchev–Trinajstić information content (AvgIpc) is 2.30. The van der Waals surface area contributed by atoms with E-state index >= 15 is 0 Å². The SMILES string of the molecule is CC(C)(CO)[C@@H](N)c1c(C(F)(F)F)ccc(Br)c1O.Cl. The molecule has 0 fully saturated rings. The van der Waals surface area contributed by atoms with Gasteiger partial charge >= 0.3 is 6.18 Å². The van der Waals surface area contributed by atoms with E-state index in [0.717, 1.165) is 12.1 Å². The number of halogens is 5. The minimum Gasteiger partial charge on any atom is -0.506 e. The summed E-state index contributed by atoms with van der Waals surface area (Å²) in [6.07, 6.45) is -4.63. The van der Waals surface area contributed by atoms with Crippen molar-refractivity contribution in [1.82, 2.24) is 0 Å². The van der Waals surface area contributed by atoms with Gasteiger partial charge in [0.25, 0.3) is 0 Å². The molecular weight excluding hydrogens is 362 g/mol. The van der Waals surface area contributed by atoms with Gasteiger partial charge in [0.15, 0.2) is 0 Å². The van der Waals surface area contributed by atoms with Crippen LogP contribution in [0.5, 0.6) is 5.75 Å². The van der Waals surface area contributed by atoms with Crippen LogP contribution in [0, 0.1) is 5.41 Å². The van der Waals surface area contributed by atoms with E-state index < -0.39 is 41.1 Å². The lowest BCUT2D eigenvalue weighted by Gasteiger charge is -2.32. The lowest BCUT2D eigenvalue weighted by molar-refractivity contribution is -0.138. The third kappa shape index (κ3) is 3.78. The van der Waals surface area contributed by atoms with E-state index in [0.29, 0.717) is 0 Å². The van der Waals surface area contributed by atoms with Crippen molar-refractivity contribution in [2.24, 2.45) is 11.1 Å². The van der Waals surface area contributed by atoms with Crippen molar-refractivity contribution < 1.29 is 23.4 Å². The van der Waals surface area contributed by atoms with Crippen molar-refractivity contribution in [2.45, 2.75) is 26.1 Å². The quantitative estimate of drug-likeness (QED) is 0.753. The molecule has 0 saturated carbocycles. The van der Waals surface area contributed by atoms with E-state index in [4.69, 9.17) is 5.73 Å². The van der Waals surface area contributed by atoms with Crippen LogP contribution in [0.15, 0.2) is 16.6 Å². The molecule has 0 aromatic heterocycles. The summed E-state index contributed by atoms with van der Waals surface area (Å²) in [7, 11) is 0. The molecule has 0 bridgehead atoms. The highest BCUT2D eigenvalue weighted by molar-refractivity contribution is 9.10. The number of nitrogens with two attached hydrogens (primary N) is 1. The first-order chi connectivity index (χ1) is 8.52. The zero-order chi connectivity index (χ0) is 15.0. The highest BCUT2D eigenvalue weighted by Gasteiger charge is 2.40. The van der Waals surface area contributed by atoms with Crippen LogP contribution in [0.3, 0.4) is 0 Å². The number of aliphatic hydroxyl groups is 1. The number of hydrogen-bond donors (Lipinski definition) is 3. The molecule has 3 nitrogen and oxygen atoms in total. The Hall–Kier alpha value is -0.500. The van der Waals surface area contributed by atoms with Crippen LogP contribution < -0.4 is 5.73 Å². The maximum atomic E-state index is 13.0. The van der Waals surface area contributed by atoms with Gasteiger partial charge in [-0.3, -0.25) is 0 Å². The summed E-state index contributed by atoms with van der Waals surface area (Å²) in [4.78, 5) is 0. The van der Waals surface area contributed by atoms with Crippen LogP contribution in [-0.2, 0) is 6.18 Å². The maximum Gasteiger partial charge on any atom is 0.416 e. The Morgan fingerprint density at radius 3 is 2.20 bits per heavy atom. The van der Waals surface area contributed by atoms with E-state index in [-0.39, 0.29) is 16.9 Å². The lowest BCUT2D eigenvalue weighted by atomic mass is 9.79. The molecule has 0 heterocycles. The van der Waals surface area contributed by atoms with Gasteiger partial charge in [-0.05, 0) is 28.1 Å². The van der Waals surface area contributed by atoms with Crippen molar-refractivity contribution in [3.8, 4) is 5.75 Å². The third-order valence-electron chi connectivity index (χ3n) is 3.03. The van der Waals surface area contributed by atoms with Crippen LogP contribution >= 0.6 is 28.3 Å². The summed E-state index contributed by atoms with van der Waals surface area (Å²) in [5.74, 6) is -0.552. The molecule has 0 aliphatic rings. The first-order valence-electron chi connectivity index (χ1n) is 5.47. The molecule has 20 heavy (non-hydrogen) atoms. The zero-order valence-corrected chi connectivity index (χ0v) is 13.2. The molecule has 0 unspecified atom stereocenters. The lowest BCUT2D eigenvalue weighted by Crippen LogP contribution is -2.34. The molecule has 0 aliphatic heterocycles. The highest BCUT2D eigenvalue weighted by atomic mass is 79.9. The number of benzene rings is 1. The van der Waals surface area contributed by atoms with Crippen LogP contribution in [-0.4, -0.2) is 16.8 Å². The van der Waals surface area contributed by atoms with Gasteiger partial charge in [-0.15, -0.1) is 12.4 Å². The fraction of sp³-hybridized carbons (Fsp3) is 0.500. The van der Waals surface area contributed by atoms with Crippen LogP contribution in [0.25, 0.3) is 0 Å². The predicted molar refractivity (Wildman–Crippen MR) is 75.9 cm³/mol. The van der Waals surface area contributed by atoms with E-state index in [2.05, 4.69) is 15.9 Å². The van der Waals surface area contributed by atoms with Crippen molar-refractivity contribution in [3.63, 3.8) is 0 Å². The molecule has 8 heteroatoms. The number of alkyl halides is 3. The van der Waals surface area contributed by atoms with Crippen LogP contribution in [0.2, 0.25) is 0 Å². The average molecular weight is 379 g/mol. The normalized spacial score (nSPS) is 13.8. The van der Waals surface area contributed by atoms with Crippen molar-refractivity contribution in [3.05, 3.63) is 27.7 Å². The molecule has 116 valence electrons. The molecule has 0 saturated heterocycles. The molecule has 0 spiro atoms. The fourth-order valence-corrected chi connectivity index (χ4v) is 1.98. The summed E-state index contributed by atoms with van der Waals surface area (Å²) in [6, 6.07) is 0.805. The number of phenols is 1. The Morgan fingerprint density at radius 2 is 1.80 bits per heavy atom. The van der Waals surface area contributed by atoms with E-state index in [1.165, 1.54) is 13.8 Å². The van der Waals surface area contributed by atoms with Crippen molar-refractivity contribution in [2.75, 3.05) is 6.61 Å². The summed E-state index contributed by atoms with van der Waals surface area (Å²) < 4.78 is 39.0. The predicted octanol–water partition coefficient (Wildman–Crippen LogP) is 3.61. The van der Waals surface area contributed by atoms with E-state index in [9.17, 15) is 23.4 Å². The second-order valence-electron chi connectivity index (χ2n) is 4.98. The monoisotopic (exact) mass is 377 g/mol. The molecule has 0 aliphatic carbocycles. The zero-order valence-electron chi connectivity index (χ0n) is 10.8. The van der Waals surface area contributed by atoms with Crippen LogP contribution in [0.1, 0.15) is 31.0 Å². The van der Waals surface area contributed by atoms with Gasteiger partial charge in [-0.2, -0.15) is 13.2 Å². The van der Waals surface area contributed by atoms with Gasteiger partial charge in [0.2, 0.25) is 0 Å². The molecule has 4 N–H and O–H groups in total. The van der Waals surface area contributed by atoms with Gasteiger partial charge in [-0.25, -0.2) is 0 Å². The molecule has 1 aromatic rings. The standard InChI is InChI=1S/C12H15BrF3NO2.ClH/c1-11(2,5-18)10(17)8-6(12(14,15)16)3-4-7(13)9(8)19;/h3-4,10,18-19H,5,17H2,1-2H3;1H/t10-;/m0./s1. The summed E-state index contributed by atoms with van der Waals surface area (Å²) in [5.41, 5.74) is 3.39. The molecule has 0 radical (unpaired) electrons. The fourth-order valence-electron chi connectivity index (χ4n) is 1.63. The van der Waals surface area contributed by atoms with Gasteiger partial charge in [0.05, 0.1) is 10.0 Å². The summed E-state index contributed by atoms with van der Waals surface area (Å²) in [6.45, 7) is 2.65. The second-order valence-corrected chi connectivity index (χ2v) is 5.83. The Balaban J connectivity index is 0.00000361. The maximum absolute atomic E-state index is 13.0. The first kappa shape index (κ1) is 19.5.